The van der Waals surface area contributed by atoms with Gasteiger partial charge in [0.1, 0.15) is 6.33 Å². The van der Waals surface area contributed by atoms with E-state index in [1.54, 1.807) is 6.33 Å². The van der Waals surface area contributed by atoms with Gasteiger partial charge in [-0.3, -0.25) is 0 Å². The highest BCUT2D eigenvalue weighted by Crippen LogP contribution is 2.45. The first-order valence-corrected chi connectivity index (χ1v) is 15.7. The van der Waals surface area contributed by atoms with Gasteiger partial charge in [-0.05, 0) is 69.2 Å². The summed E-state index contributed by atoms with van der Waals surface area (Å²) in [5, 5.41) is 5.08. The molecule has 4 aliphatic rings. The minimum absolute atomic E-state index is 0.263. The number of aromatic nitrogens is 5. The van der Waals surface area contributed by atoms with Crippen molar-refractivity contribution in [1.29, 1.82) is 0 Å². The Hall–Kier alpha value is -3.98. The van der Waals surface area contributed by atoms with Gasteiger partial charge in [-0.1, -0.05) is 39.1 Å². The smallest absolute Gasteiger partial charge is 0.233 e. The molecule has 43 heavy (non-hydrogen) atoms. The van der Waals surface area contributed by atoms with Crippen LogP contribution >= 0.6 is 0 Å². The highest BCUT2D eigenvalue weighted by Gasteiger charge is 2.42. The van der Waals surface area contributed by atoms with Crippen LogP contribution in [0.15, 0.2) is 49.1 Å². The first kappa shape index (κ1) is 27.8. The fraction of sp³-hybridized carbons (Fsp3) is 0.471. The van der Waals surface area contributed by atoms with E-state index in [0.717, 1.165) is 97.5 Å². The second-order valence-corrected chi connectivity index (χ2v) is 13.0. The van der Waals surface area contributed by atoms with E-state index < -0.39 is 0 Å². The molecule has 3 aromatic rings. The number of nitrogens with zero attached hydrogens (tertiary/aromatic N) is 8. The molecule has 7 rings (SSSR count). The Bertz CT molecular complexity index is 1680. The Morgan fingerprint density at radius 2 is 1.98 bits per heavy atom. The molecule has 2 saturated heterocycles. The van der Waals surface area contributed by atoms with Gasteiger partial charge in [0.2, 0.25) is 5.95 Å². The highest BCUT2D eigenvalue weighted by atomic mass is 15.5. The fourth-order valence-electron chi connectivity index (χ4n) is 7.51. The lowest BCUT2D eigenvalue weighted by Crippen LogP contribution is -2.53. The van der Waals surface area contributed by atoms with Crippen molar-refractivity contribution in [2.24, 2.45) is 11.7 Å². The van der Waals surface area contributed by atoms with Crippen molar-refractivity contribution in [2.75, 3.05) is 31.1 Å². The summed E-state index contributed by atoms with van der Waals surface area (Å²) in [5.41, 5.74) is 17.3. The van der Waals surface area contributed by atoms with Crippen LogP contribution in [-0.2, 0) is 12.0 Å². The molecular formula is C34H43N9. The van der Waals surface area contributed by atoms with Crippen LogP contribution in [0, 0.1) is 19.8 Å². The van der Waals surface area contributed by atoms with Gasteiger partial charge in [0.25, 0.3) is 0 Å². The number of allylic oxidation sites excluding steroid dienone is 2. The summed E-state index contributed by atoms with van der Waals surface area (Å²) < 4.78 is 1.98. The van der Waals surface area contributed by atoms with Gasteiger partial charge in [0.05, 0.1) is 22.8 Å². The molecule has 9 nitrogen and oxygen atoms in total. The zero-order valence-electron chi connectivity index (χ0n) is 26.2. The average molecular weight is 578 g/mol. The lowest BCUT2D eigenvalue weighted by atomic mass is 9.95. The van der Waals surface area contributed by atoms with Crippen molar-refractivity contribution < 1.29 is 0 Å². The Labute approximate surface area is 254 Å². The molecule has 3 aliphatic heterocycles. The van der Waals surface area contributed by atoms with Crippen LogP contribution in [0.3, 0.4) is 0 Å². The van der Waals surface area contributed by atoms with Gasteiger partial charge in [0.15, 0.2) is 5.82 Å². The lowest BCUT2D eigenvalue weighted by molar-refractivity contribution is 0.140. The largest absolute Gasteiger partial charge is 0.366 e. The van der Waals surface area contributed by atoms with Crippen molar-refractivity contribution in [3.8, 4) is 11.4 Å². The number of aryl methyl sites for hydroxylation is 2. The number of nitrogens with two attached hydrogens (primary N) is 1. The molecule has 0 saturated carbocycles. The van der Waals surface area contributed by atoms with E-state index in [1.165, 1.54) is 22.5 Å². The van der Waals surface area contributed by atoms with Crippen LogP contribution < -0.4 is 10.6 Å². The summed E-state index contributed by atoms with van der Waals surface area (Å²) in [4.78, 5) is 21.4. The standard InChI is InChI=1S/C34H43N9/c1-8-27-18-40(23(5)29-21(3)22(4)36-19-37-29)15-16-41(27)31-24(6)43-33(42-14-12-20(2)30(31)42)38-32(39-43)26-9-10-28-25(17-26)11-13-34(28,7)35/h9-10,17,19-20,27H,5-6,8,11-16,18,35H2,1-4,7H3. The number of benzene rings is 1. The molecule has 2 aromatic heterocycles. The SMILES string of the molecule is C=C(c1ncnc(C)c1C)N1CCN(C2=C3C(C)CCN3c3nc(-c4ccc5c(c4)CCC5(C)N)nn3C2=C)C(CC)C1. The predicted octanol–water partition coefficient (Wildman–Crippen LogP) is 5.08. The molecule has 9 heteroatoms. The molecular weight excluding hydrogens is 534 g/mol. The summed E-state index contributed by atoms with van der Waals surface area (Å²) in [6.45, 7) is 23.5. The zero-order valence-corrected chi connectivity index (χ0v) is 26.2. The van der Waals surface area contributed by atoms with Gasteiger partial charge >= 0.3 is 0 Å². The maximum absolute atomic E-state index is 6.55. The third-order valence-electron chi connectivity index (χ3n) is 10.3. The zero-order chi connectivity index (χ0) is 30.2. The molecule has 0 spiro atoms. The Kier molecular flexibility index (Phi) is 6.50. The van der Waals surface area contributed by atoms with E-state index >= 15 is 0 Å². The van der Waals surface area contributed by atoms with Crippen LogP contribution in [-0.4, -0.2) is 66.8 Å². The highest BCUT2D eigenvalue weighted by molar-refractivity contribution is 5.75. The quantitative estimate of drug-likeness (QED) is 0.449. The van der Waals surface area contributed by atoms with Crippen molar-refractivity contribution in [3.63, 3.8) is 0 Å². The minimum Gasteiger partial charge on any atom is -0.366 e. The summed E-state index contributed by atoms with van der Waals surface area (Å²) in [6.07, 6.45) is 5.70. The first-order valence-electron chi connectivity index (χ1n) is 15.7. The second-order valence-electron chi connectivity index (χ2n) is 13.0. The van der Waals surface area contributed by atoms with E-state index in [0.29, 0.717) is 12.0 Å². The molecule has 3 unspecified atom stereocenters. The molecule has 0 bridgehead atoms. The van der Waals surface area contributed by atoms with Gasteiger partial charge in [-0.15, -0.1) is 5.10 Å². The molecule has 1 aliphatic carbocycles. The van der Waals surface area contributed by atoms with Crippen LogP contribution in [0.2, 0.25) is 0 Å². The topological polar surface area (TPSA) is 92.2 Å². The summed E-state index contributed by atoms with van der Waals surface area (Å²) in [6, 6.07) is 6.83. The molecule has 2 fully saturated rings. The van der Waals surface area contributed by atoms with E-state index in [1.807, 2.05) is 11.6 Å². The first-order chi connectivity index (χ1) is 20.6. The fourth-order valence-corrected chi connectivity index (χ4v) is 7.51. The number of hydrogen-bond acceptors (Lipinski definition) is 8. The van der Waals surface area contributed by atoms with E-state index in [4.69, 9.17) is 15.8 Å². The Balaban J connectivity index is 1.20. The Morgan fingerprint density at radius 1 is 1.16 bits per heavy atom. The molecule has 0 radical (unpaired) electrons. The summed E-state index contributed by atoms with van der Waals surface area (Å²) >= 11 is 0. The van der Waals surface area contributed by atoms with Crippen LogP contribution in [0.4, 0.5) is 5.95 Å². The predicted molar refractivity (Wildman–Crippen MR) is 172 cm³/mol. The third kappa shape index (κ3) is 4.31. The molecule has 224 valence electrons. The van der Waals surface area contributed by atoms with Gasteiger partial charge in [-0.25, -0.2) is 9.97 Å². The maximum atomic E-state index is 6.55. The summed E-state index contributed by atoms with van der Waals surface area (Å²) in [7, 11) is 0. The van der Waals surface area contributed by atoms with Crippen molar-refractivity contribution in [3.05, 3.63) is 77.2 Å². The number of anilines is 1. The maximum Gasteiger partial charge on any atom is 0.233 e. The van der Waals surface area contributed by atoms with Gasteiger partial charge < -0.3 is 20.4 Å². The molecule has 5 heterocycles. The normalized spacial score (nSPS) is 24.9. The van der Waals surface area contributed by atoms with Crippen LogP contribution in [0.5, 0.6) is 0 Å². The van der Waals surface area contributed by atoms with Crippen LogP contribution in [0.25, 0.3) is 22.8 Å². The molecule has 2 N–H and O–H groups in total. The number of rotatable bonds is 5. The Morgan fingerprint density at radius 3 is 2.77 bits per heavy atom. The second kappa shape index (κ2) is 10.0. The number of piperazine rings is 1. The van der Waals surface area contributed by atoms with E-state index in [-0.39, 0.29) is 5.54 Å². The monoisotopic (exact) mass is 577 g/mol. The van der Waals surface area contributed by atoms with E-state index in [9.17, 15) is 0 Å². The number of hydrogen-bond donors (Lipinski definition) is 1. The van der Waals surface area contributed by atoms with Crippen molar-refractivity contribution in [2.45, 2.75) is 71.9 Å². The number of fused-ring (bicyclic) bond motifs is 4. The third-order valence-corrected chi connectivity index (χ3v) is 10.3. The van der Waals surface area contributed by atoms with Crippen molar-refractivity contribution >= 4 is 17.3 Å². The van der Waals surface area contributed by atoms with Crippen LogP contribution in [0.1, 0.15) is 68.1 Å². The molecule has 1 aromatic carbocycles. The van der Waals surface area contributed by atoms with E-state index in [2.05, 4.69) is 83.7 Å². The van der Waals surface area contributed by atoms with Crippen molar-refractivity contribution in [1.82, 2.24) is 34.5 Å². The minimum atomic E-state index is -0.263. The molecule has 3 atom stereocenters. The summed E-state index contributed by atoms with van der Waals surface area (Å²) in [5.74, 6) is 2.04. The average Bonchev–Trinajstić information content (AvgIpc) is 3.70. The van der Waals surface area contributed by atoms with Gasteiger partial charge in [0, 0.05) is 60.6 Å². The van der Waals surface area contributed by atoms with Gasteiger partial charge in [-0.2, -0.15) is 9.67 Å². The molecule has 0 amide bonds. The lowest BCUT2D eigenvalue weighted by Gasteiger charge is -2.47.